The molecule has 1 aromatic rings. The molecule has 2 unspecified atom stereocenters. The number of alkyl halides is 9. The molecule has 1 amide bonds. The van der Waals surface area contributed by atoms with Crippen LogP contribution in [0.3, 0.4) is 0 Å². The Kier molecular flexibility index (Phi) is 5.09. The fourth-order valence-electron chi connectivity index (χ4n) is 2.34. The zero-order valence-electron chi connectivity index (χ0n) is 13.2. The smallest absolute Gasteiger partial charge is 0.324 e. The third kappa shape index (κ3) is 3.87. The number of amides is 1. The molecule has 14 heteroatoms. The fraction of sp³-hybridized carbons (Fsp3) is 0.429. The van der Waals surface area contributed by atoms with E-state index in [-0.39, 0.29) is 6.07 Å². The van der Waals surface area contributed by atoms with Crippen LogP contribution in [0.1, 0.15) is 17.5 Å². The molecule has 1 aromatic carbocycles. The Labute approximate surface area is 149 Å². The number of benzene rings is 1. The molecule has 0 spiro atoms. The van der Waals surface area contributed by atoms with E-state index in [1.807, 2.05) is 0 Å². The molecular weight excluding hydrogens is 411 g/mol. The summed E-state index contributed by atoms with van der Waals surface area (Å²) in [5, 5.41) is 15.1. The molecule has 0 fully saturated rings. The summed E-state index contributed by atoms with van der Waals surface area (Å²) in [4.78, 5) is 12.1. The number of nitriles is 1. The number of hydrogen-bond donors (Lipinski definition) is 1. The Hall–Kier alpha value is -2.85. The van der Waals surface area contributed by atoms with Crippen LogP contribution < -0.4 is 5.32 Å². The van der Waals surface area contributed by atoms with E-state index in [4.69, 9.17) is 5.26 Å². The van der Waals surface area contributed by atoms with E-state index >= 15 is 0 Å². The number of halogens is 9. The van der Waals surface area contributed by atoms with Crippen LogP contribution in [0.4, 0.5) is 45.2 Å². The molecule has 0 aromatic heterocycles. The average molecular weight is 418 g/mol. The Morgan fingerprint density at radius 2 is 1.75 bits per heavy atom. The maximum atomic E-state index is 13.3. The largest absolute Gasteiger partial charge is 0.424 e. The summed E-state index contributed by atoms with van der Waals surface area (Å²) in [6, 6.07) is -0.199. The molecule has 1 aliphatic rings. The highest BCUT2D eigenvalue weighted by molar-refractivity contribution is 5.99. The molecule has 0 radical (unpaired) electrons. The van der Waals surface area contributed by atoms with Crippen LogP contribution >= 0.6 is 0 Å². The minimum atomic E-state index is -5.60. The minimum absolute atomic E-state index is 0.188. The van der Waals surface area contributed by atoms with Crippen molar-refractivity contribution in [3.05, 3.63) is 29.3 Å². The van der Waals surface area contributed by atoms with Gasteiger partial charge in [0.15, 0.2) is 6.04 Å². The molecule has 0 aliphatic carbocycles. The van der Waals surface area contributed by atoms with Gasteiger partial charge in [-0.05, 0) is 18.2 Å². The first-order valence-electron chi connectivity index (χ1n) is 7.10. The Bertz CT molecular complexity index is 850. The van der Waals surface area contributed by atoms with Crippen molar-refractivity contribution in [2.24, 2.45) is 10.2 Å². The van der Waals surface area contributed by atoms with Crippen molar-refractivity contribution < 1.29 is 44.3 Å². The van der Waals surface area contributed by atoms with Gasteiger partial charge in [-0.3, -0.25) is 4.79 Å². The van der Waals surface area contributed by atoms with Crippen molar-refractivity contribution in [3.63, 3.8) is 0 Å². The third-order valence-electron chi connectivity index (χ3n) is 3.78. The third-order valence-corrected chi connectivity index (χ3v) is 3.78. The number of carbonyl (C=O) groups excluding carboxylic acids is 1. The van der Waals surface area contributed by atoms with Crippen molar-refractivity contribution in [2.45, 2.75) is 36.5 Å². The summed E-state index contributed by atoms with van der Waals surface area (Å²) >= 11 is 0. The van der Waals surface area contributed by atoms with E-state index in [2.05, 4.69) is 10.2 Å². The van der Waals surface area contributed by atoms with E-state index in [9.17, 15) is 44.3 Å². The summed E-state index contributed by atoms with van der Waals surface area (Å²) < 4.78 is 117. The second kappa shape index (κ2) is 6.64. The number of carbonyl (C=O) groups is 1. The lowest BCUT2D eigenvalue weighted by molar-refractivity contribution is -0.194. The summed E-state index contributed by atoms with van der Waals surface area (Å²) in [5.74, 6) is -2.13. The Balaban J connectivity index is 2.40. The zero-order valence-corrected chi connectivity index (χ0v) is 13.2. The van der Waals surface area contributed by atoms with Crippen LogP contribution in [-0.4, -0.2) is 29.8 Å². The average Bonchev–Trinajstić information content (AvgIpc) is 3.00. The lowest BCUT2D eigenvalue weighted by Crippen LogP contribution is -2.53. The zero-order chi connectivity index (χ0) is 21.5. The molecule has 5 nitrogen and oxygen atoms in total. The highest BCUT2D eigenvalue weighted by Crippen LogP contribution is 2.46. The van der Waals surface area contributed by atoms with E-state index in [0.29, 0.717) is 12.1 Å². The Morgan fingerprint density at radius 1 is 1.14 bits per heavy atom. The van der Waals surface area contributed by atoms with Gasteiger partial charge in [-0.25, -0.2) is 0 Å². The fourth-order valence-corrected chi connectivity index (χ4v) is 2.34. The van der Waals surface area contributed by atoms with Gasteiger partial charge in [0.1, 0.15) is 0 Å². The van der Waals surface area contributed by atoms with E-state index < -0.39 is 59.3 Å². The Morgan fingerprint density at radius 3 is 2.18 bits per heavy atom. The summed E-state index contributed by atoms with van der Waals surface area (Å²) in [7, 11) is 0. The molecule has 28 heavy (non-hydrogen) atoms. The number of nitrogens with zero attached hydrogens (tertiary/aromatic N) is 3. The van der Waals surface area contributed by atoms with Gasteiger partial charge in [0.05, 0.1) is 17.2 Å². The van der Waals surface area contributed by atoms with E-state index in [1.165, 1.54) is 11.4 Å². The number of rotatable bonds is 2. The van der Waals surface area contributed by atoms with Gasteiger partial charge in [0.25, 0.3) is 11.4 Å². The van der Waals surface area contributed by atoms with Gasteiger partial charge in [-0.15, -0.1) is 0 Å². The van der Waals surface area contributed by atoms with Crippen LogP contribution in [0.2, 0.25) is 0 Å². The molecule has 1 heterocycles. The summed E-state index contributed by atoms with van der Waals surface area (Å²) in [6.45, 7) is 0. The first-order valence-corrected chi connectivity index (χ1v) is 7.10. The van der Waals surface area contributed by atoms with E-state index in [0.717, 1.165) is 0 Å². The van der Waals surface area contributed by atoms with Gasteiger partial charge in [-0.2, -0.15) is 55.0 Å². The second-order valence-corrected chi connectivity index (χ2v) is 5.66. The summed E-state index contributed by atoms with van der Waals surface area (Å²) in [5.41, 5.74) is -7.14. The second-order valence-electron chi connectivity index (χ2n) is 5.66. The van der Waals surface area contributed by atoms with Gasteiger partial charge in [0.2, 0.25) is 0 Å². The van der Waals surface area contributed by atoms with Crippen molar-refractivity contribution in [1.82, 2.24) is 0 Å². The maximum Gasteiger partial charge on any atom is 0.424 e. The van der Waals surface area contributed by atoms with Crippen LogP contribution in [-0.2, 0) is 11.0 Å². The monoisotopic (exact) mass is 418 g/mol. The maximum absolute atomic E-state index is 13.3. The predicted octanol–water partition coefficient (Wildman–Crippen LogP) is 4.60. The van der Waals surface area contributed by atoms with Crippen LogP contribution in [0, 0.1) is 11.3 Å². The van der Waals surface area contributed by atoms with E-state index in [1.54, 1.807) is 0 Å². The lowest BCUT2D eigenvalue weighted by atomic mass is 9.91. The standard InChI is InChI=1S/C14H7F9N4O/c15-12(16,17)8-3-7(2-1-6(8)5-24)25-10(28)11(14(21,22)23)4-9(26-27-11)13(18,19)20/h1-3,9H,4H2,(H,25,28). The van der Waals surface area contributed by atoms with Crippen LogP contribution in [0.15, 0.2) is 28.4 Å². The van der Waals surface area contributed by atoms with Crippen molar-refractivity contribution >= 4 is 11.6 Å². The quantitative estimate of drug-likeness (QED) is 0.713. The van der Waals surface area contributed by atoms with Crippen molar-refractivity contribution in [2.75, 3.05) is 5.32 Å². The normalized spacial score (nSPS) is 22.8. The molecule has 2 atom stereocenters. The van der Waals surface area contributed by atoms with Crippen molar-refractivity contribution in [1.29, 1.82) is 5.26 Å². The van der Waals surface area contributed by atoms with Gasteiger partial charge in [0, 0.05) is 12.1 Å². The first kappa shape index (κ1) is 21.5. The first-order chi connectivity index (χ1) is 12.6. The number of anilines is 1. The minimum Gasteiger partial charge on any atom is -0.324 e. The van der Waals surface area contributed by atoms with Crippen LogP contribution in [0.5, 0.6) is 0 Å². The highest BCUT2D eigenvalue weighted by Gasteiger charge is 2.67. The van der Waals surface area contributed by atoms with Gasteiger partial charge >= 0.3 is 18.5 Å². The molecule has 2 rings (SSSR count). The van der Waals surface area contributed by atoms with Crippen LogP contribution in [0.25, 0.3) is 0 Å². The summed E-state index contributed by atoms with van der Waals surface area (Å²) in [6.07, 6.45) is -17.7. The highest BCUT2D eigenvalue weighted by atomic mass is 19.4. The molecule has 0 bridgehead atoms. The molecule has 152 valence electrons. The lowest BCUT2D eigenvalue weighted by Gasteiger charge is -2.27. The molecule has 0 saturated carbocycles. The SMILES string of the molecule is N#Cc1ccc(NC(=O)C2(C(F)(F)F)CC(C(F)(F)F)N=N2)cc1C(F)(F)F. The molecule has 1 N–H and O–H groups in total. The number of hydrogen-bond acceptors (Lipinski definition) is 4. The van der Waals surface area contributed by atoms with Gasteiger partial charge in [-0.1, -0.05) is 0 Å². The topological polar surface area (TPSA) is 77.6 Å². The van der Waals surface area contributed by atoms with Crippen molar-refractivity contribution in [3.8, 4) is 6.07 Å². The molecule has 0 saturated heterocycles. The predicted molar refractivity (Wildman–Crippen MR) is 72.9 cm³/mol. The molecular formula is C14H7F9N4O. The molecule has 1 aliphatic heterocycles. The number of azo groups is 1. The van der Waals surface area contributed by atoms with Gasteiger partial charge < -0.3 is 5.32 Å². The number of nitrogens with one attached hydrogen (secondary N) is 1.